The summed E-state index contributed by atoms with van der Waals surface area (Å²) < 4.78 is 4.29. The first-order chi connectivity index (χ1) is 12.7. The Bertz CT molecular complexity index is 880. The number of aryl methyl sites for hydroxylation is 1. The van der Waals surface area contributed by atoms with Crippen LogP contribution in [0.2, 0.25) is 5.02 Å². The van der Waals surface area contributed by atoms with Crippen LogP contribution in [-0.4, -0.2) is 26.1 Å². The number of imidazole rings is 1. The number of benzene rings is 1. The quantitative estimate of drug-likeness (QED) is 0.686. The van der Waals surface area contributed by atoms with Gasteiger partial charge in [0.25, 0.3) is 0 Å². The fourth-order valence-corrected chi connectivity index (χ4v) is 3.95. The fraction of sp³-hybridized carbons (Fsp3) is 0.400. The molecule has 1 fully saturated rings. The van der Waals surface area contributed by atoms with Crippen LogP contribution in [0, 0.1) is 5.92 Å². The molecule has 2 heterocycles. The first-order valence-corrected chi connectivity index (χ1v) is 9.54. The largest absolute Gasteiger partial charge is 0.353 e. The number of hydrogen-bond acceptors (Lipinski definition) is 2. The summed E-state index contributed by atoms with van der Waals surface area (Å²) in [4.78, 5) is 16.2. The third kappa shape index (κ3) is 3.93. The molecule has 0 unspecified atom stereocenters. The fourth-order valence-electron chi connectivity index (χ4n) is 3.77. The predicted molar refractivity (Wildman–Crippen MR) is 103 cm³/mol. The zero-order valence-electron chi connectivity index (χ0n) is 14.6. The first kappa shape index (κ1) is 17.2. The van der Waals surface area contributed by atoms with Gasteiger partial charge >= 0.3 is 0 Å². The molecule has 0 atom stereocenters. The Kier molecular flexibility index (Phi) is 4.98. The molecule has 4 rings (SSSR count). The van der Waals surface area contributed by atoms with Crippen LogP contribution in [0.1, 0.15) is 25.7 Å². The molecule has 0 bridgehead atoms. The molecule has 1 aromatic carbocycles. The molecule has 0 spiro atoms. The van der Waals surface area contributed by atoms with Crippen molar-refractivity contribution in [3.8, 4) is 0 Å². The molecular weight excluding hydrogens is 348 g/mol. The van der Waals surface area contributed by atoms with Crippen LogP contribution in [0.15, 0.2) is 49.2 Å². The summed E-state index contributed by atoms with van der Waals surface area (Å²) in [5.74, 6) is 0.808. The van der Waals surface area contributed by atoms with Crippen molar-refractivity contribution in [2.24, 2.45) is 5.92 Å². The van der Waals surface area contributed by atoms with E-state index in [4.69, 9.17) is 11.6 Å². The van der Waals surface area contributed by atoms with Gasteiger partial charge in [0.2, 0.25) is 5.91 Å². The van der Waals surface area contributed by atoms with Gasteiger partial charge in [0.05, 0.1) is 6.33 Å². The number of halogens is 1. The second kappa shape index (κ2) is 7.54. The van der Waals surface area contributed by atoms with Crippen LogP contribution in [0.3, 0.4) is 0 Å². The third-order valence-electron chi connectivity index (χ3n) is 5.16. The minimum Gasteiger partial charge on any atom is -0.353 e. The molecule has 3 aromatic rings. The molecular formula is C20H23ClN4O. The van der Waals surface area contributed by atoms with E-state index >= 15 is 0 Å². The van der Waals surface area contributed by atoms with E-state index < -0.39 is 0 Å². The highest BCUT2D eigenvalue weighted by Gasteiger charge is 2.30. The Morgan fingerprint density at radius 3 is 2.96 bits per heavy atom. The van der Waals surface area contributed by atoms with Crippen molar-refractivity contribution in [1.29, 1.82) is 0 Å². The third-order valence-corrected chi connectivity index (χ3v) is 5.40. The van der Waals surface area contributed by atoms with Gasteiger partial charge in [-0.25, -0.2) is 4.98 Å². The highest BCUT2D eigenvalue weighted by Crippen LogP contribution is 2.29. The van der Waals surface area contributed by atoms with Crippen molar-refractivity contribution in [3.63, 3.8) is 0 Å². The van der Waals surface area contributed by atoms with Gasteiger partial charge in [-0.3, -0.25) is 4.79 Å². The summed E-state index contributed by atoms with van der Waals surface area (Å²) in [5.41, 5.74) is 1.16. The van der Waals surface area contributed by atoms with Crippen LogP contribution >= 0.6 is 11.6 Å². The second-order valence-electron chi connectivity index (χ2n) is 7.18. The smallest absolute Gasteiger partial charge is 0.220 e. The average Bonchev–Trinajstić information content (AvgIpc) is 3.22. The number of rotatable bonds is 7. The Labute approximate surface area is 158 Å². The molecule has 0 saturated heterocycles. The minimum absolute atomic E-state index is 0.163. The molecule has 1 amide bonds. The summed E-state index contributed by atoms with van der Waals surface area (Å²) in [6, 6.07) is 8.31. The molecule has 5 nitrogen and oxygen atoms in total. The van der Waals surface area contributed by atoms with Gasteiger partial charge in [-0.1, -0.05) is 11.6 Å². The highest BCUT2D eigenvalue weighted by molar-refractivity contribution is 6.31. The van der Waals surface area contributed by atoms with Crippen molar-refractivity contribution < 1.29 is 4.79 Å². The summed E-state index contributed by atoms with van der Waals surface area (Å²) >= 11 is 6.02. The van der Waals surface area contributed by atoms with Gasteiger partial charge < -0.3 is 14.5 Å². The standard InChI is InChI=1S/C20H23ClN4O/c21-17-3-4-19-16(12-17)5-8-25(19)7-1-2-20(26)23-18-10-15(11-18)13-24-9-6-22-14-24/h3-6,8-9,12,14-15,18H,1-2,7,10-11,13H2,(H,23,26). The average molecular weight is 371 g/mol. The van der Waals surface area contributed by atoms with E-state index in [-0.39, 0.29) is 5.91 Å². The van der Waals surface area contributed by atoms with E-state index in [0.717, 1.165) is 48.3 Å². The maximum absolute atomic E-state index is 12.2. The lowest BCUT2D eigenvalue weighted by atomic mass is 9.80. The summed E-state index contributed by atoms with van der Waals surface area (Å²) in [6.07, 6.45) is 11.2. The van der Waals surface area contributed by atoms with Crippen molar-refractivity contribution in [1.82, 2.24) is 19.4 Å². The number of carbonyl (C=O) groups excluding carboxylic acids is 1. The number of amides is 1. The summed E-state index contributed by atoms with van der Waals surface area (Å²) in [6.45, 7) is 1.84. The van der Waals surface area contributed by atoms with E-state index in [1.807, 2.05) is 30.7 Å². The van der Waals surface area contributed by atoms with Crippen molar-refractivity contribution in [2.75, 3.05) is 0 Å². The normalized spacial score (nSPS) is 19.4. The van der Waals surface area contributed by atoms with Gasteiger partial charge in [0.15, 0.2) is 0 Å². The monoisotopic (exact) mass is 370 g/mol. The lowest BCUT2D eigenvalue weighted by molar-refractivity contribution is -0.122. The SMILES string of the molecule is O=C(CCCn1ccc2cc(Cl)ccc21)NC1CC(Cn2ccnc2)C1. The lowest BCUT2D eigenvalue weighted by Gasteiger charge is -2.36. The number of nitrogens with zero attached hydrogens (tertiary/aromatic N) is 3. The Morgan fingerprint density at radius 2 is 2.15 bits per heavy atom. The number of hydrogen-bond donors (Lipinski definition) is 1. The zero-order chi connectivity index (χ0) is 17.9. The van der Waals surface area contributed by atoms with Gasteiger partial charge in [-0.15, -0.1) is 0 Å². The second-order valence-corrected chi connectivity index (χ2v) is 7.61. The molecule has 1 aliphatic rings. The Hall–Kier alpha value is -2.27. The van der Waals surface area contributed by atoms with Gasteiger partial charge in [0, 0.05) is 60.1 Å². The van der Waals surface area contributed by atoms with Gasteiger partial charge in [0.1, 0.15) is 0 Å². The minimum atomic E-state index is 0.163. The molecule has 0 aliphatic heterocycles. The predicted octanol–water partition coefficient (Wildman–Crippen LogP) is 3.87. The van der Waals surface area contributed by atoms with E-state index in [1.165, 1.54) is 0 Å². The number of carbonyl (C=O) groups is 1. The van der Waals surface area contributed by atoms with Crippen LogP contribution < -0.4 is 5.32 Å². The van der Waals surface area contributed by atoms with Gasteiger partial charge in [-0.2, -0.15) is 0 Å². The maximum atomic E-state index is 12.2. The van der Waals surface area contributed by atoms with E-state index in [0.29, 0.717) is 18.4 Å². The molecule has 6 heteroatoms. The molecule has 1 saturated carbocycles. The highest BCUT2D eigenvalue weighted by atomic mass is 35.5. The van der Waals surface area contributed by atoms with Gasteiger partial charge in [-0.05, 0) is 49.4 Å². The Morgan fingerprint density at radius 1 is 1.27 bits per heavy atom. The molecule has 1 aliphatic carbocycles. The molecule has 26 heavy (non-hydrogen) atoms. The van der Waals surface area contributed by atoms with Crippen LogP contribution in [0.5, 0.6) is 0 Å². The van der Waals surface area contributed by atoms with E-state index in [1.54, 1.807) is 6.20 Å². The van der Waals surface area contributed by atoms with Crippen molar-refractivity contribution >= 4 is 28.4 Å². The number of fused-ring (bicyclic) bond motifs is 1. The molecule has 0 radical (unpaired) electrons. The van der Waals surface area contributed by atoms with Crippen LogP contribution in [0.25, 0.3) is 10.9 Å². The summed E-state index contributed by atoms with van der Waals surface area (Å²) in [7, 11) is 0. The van der Waals surface area contributed by atoms with Crippen molar-refractivity contribution in [3.05, 3.63) is 54.2 Å². The number of nitrogens with one attached hydrogen (secondary N) is 1. The topological polar surface area (TPSA) is 51.9 Å². The van der Waals surface area contributed by atoms with E-state index in [2.05, 4.69) is 31.7 Å². The maximum Gasteiger partial charge on any atom is 0.220 e. The Balaban J connectivity index is 1.18. The molecule has 1 N–H and O–H groups in total. The van der Waals surface area contributed by atoms with Crippen LogP contribution in [0.4, 0.5) is 0 Å². The summed E-state index contributed by atoms with van der Waals surface area (Å²) in [5, 5.41) is 5.05. The molecule has 2 aromatic heterocycles. The zero-order valence-corrected chi connectivity index (χ0v) is 15.4. The van der Waals surface area contributed by atoms with Crippen LogP contribution in [-0.2, 0) is 17.9 Å². The van der Waals surface area contributed by atoms with E-state index in [9.17, 15) is 4.79 Å². The number of aromatic nitrogens is 3. The lowest BCUT2D eigenvalue weighted by Crippen LogP contribution is -2.45. The molecule has 136 valence electrons. The first-order valence-electron chi connectivity index (χ1n) is 9.17. The van der Waals surface area contributed by atoms with Crippen molar-refractivity contribution in [2.45, 2.75) is 44.8 Å².